The Morgan fingerprint density at radius 2 is 1.96 bits per heavy atom. The third-order valence-electron chi connectivity index (χ3n) is 4.04. The van der Waals surface area contributed by atoms with E-state index in [0.717, 1.165) is 11.3 Å². The van der Waals surface area contributed by atoms with Crippen LogP contribution in [0, 0.1) is 25.2 Å². The Kier molecular flexibility index (Phi) is 5.24. The molecule has 0 aliphatic rings. The molecule has 0 bridgehead atoms. The van der Waals surface area contributed by atoms with Crippen LogP contribution in [0.5, 0.6) is 0 Å². The zero-order valence-electron chi connectivity index (χ0n) is 15.3. The molecule has 3 aromatic rings. The normalized spacial score (nSPS) is 11.6. The van der Waals surface area contributed by atoms with Crippen LogP contribution in [0.1, 0.15) is 33.5 Å². The molecule has 8 nitrogen and oxygen atoms in total. The lowest BCUT2D eigenvalue weighted by atomic mass is 10.2. The van der Waals surface area contributed by atoms with E-state index in [0.29, 0.717) is 32.9 Å². The minimum atomic E-state index is -1.05. The second-order valence-corrected chi connectivity index (χ2v) is 7.11. The number of hydrogen-bond donors (Lipinski definition) is 2. The number of hydrogen-bond acceptors (Lipinski definition) is 7. The number of rotatable bonds is 4. The number of esters is 1. The molecule has 0 spiro atoms. The topological polar surface area (TPSA) is 125 Å². The molecule has 2 aromatic heterocycles. The number of amides is 1. The van der Waals surface area contributed by atoms with Crippen LogP contribution >= 0.6 is 11.3 Å². The first-order valence-corrected chi connectivity index (χ1v) is 9.14. The number of aryl methyl sites for hydroxylation is 2. The first-order chi connectivity index (χ1) is 13.3. The number of nitrogens with zero attached hydrogens (tertiary/aromatic N) is 2. The molecule has 0 radical (unpaired) electrons. The summed E-state index contributed by atoms with van der Waals surface area (Å²) in [5.74, 6) is -0.752. The number of aromatic nitrogens is 2. The molecule has 1 unspecified atom stereocenters. The molecule has 0 saturated heterocycles. The molecule has 9 heteroatoms. The van der Waals surface area contributed by atoms with Crippen LogP contribution in [0.3, 0.4) is 0 Å². The van der Waals surface area contributed by atoms with Crippen LogP contribution in [-0.4, -0.2) is 27.9 Å². The molecule has 0 saturated carbocycles. The maximum absolute atomic E-state index is 12.5. The summed E-state index contributed by atoms with van der Waals surface area (Å²) >= 11 is 1.05. The highest BCUT2D eigenvalue weighted by molar-refractivity contribution is 7.20. The van der Waals surface area contributed by atoms with E-state index < -0.39 is 18.0 Å². The highest BCUT2D eigenvalue weighted by Gasteiger charge is 2.24. The number of aromatic amines is 1. The van der Waals surface area contributed by atoms with Gasteiger partial charge < -0.3 is 15.0 Å². The van der Waals surface area contributed by atoms with Gasteiger partial charge in [0.25, 0.3) is 11.5 Å². The summed E-state index contributed by atoms with van der Waals surface area (Å²) in [5.41, 5.74) is 1.10. The highest BCUT2D eigenvalue weighted by Crippen LogP contribution is 2.28. The molecule has 0 aliphatic heterocycles. The fourth-order valence-corrected chi connectivity index (χ4v) is 3.70. The molecule has 1 amide bonds. The van der Waals surface area contributed by atoms with Gasteiger partial charge in [-0.2, -0.15) is 5.26 Å². The number of benzene rings is 1. The minimum absolute atomic E-state index is 0.233. The fraction of sp³-hybridized carbons (Fsp3) is 0.211. The van der Waals surface area contributed by atoms with Crippen molar-refractivity contribution in [3.63, 3.8) is 0 Å². The van der Waals surface area contributed by atoms with Crippen LogP contribution in [0.2, 0.25) is 0 Å². The monoisotopic (exact) mass is 396 g/mol. The maximum Gasteiger partial charge on any atom is 0.349 e. The fourth-order valence-electron chi connectivity index (χ4n) is 2.59. The van der Waals surface area contributed by atoms with E-state index in [-0.39, 0.29) is 10.4 Å². The Balaban J connectivity index is 1.75. The number of carbonyl (C=O) groups is 2. The van der Waals surface area contributed by atoms with E-state index in [1.807, 2.05) is 6.07 Å². The van der Waals surface area contributed by atoms with Crippen molar-refractivity contribution < 1.29 is 14.3 Å². The Bertz CT molecular complexity index is 1170. The average molecular weight is 396 g/mol. The van der Waals surface area contributed by atoms with Gasteiger partial charge in [-0.3, -0.25) is 9.59 Å². The van der Waals surface area contributed by atoms with E-state index in [9.17, 15) is 14.4 Å². The number of anilines is 1. The van der Waals surface area contributed by atoms with Crippen LogP contribution in [-0.2, 0) is 9.53 Å². The van der Waals surface area contributed by atoms with Crippen molar-refractivity contribution in [3.05, 3.63) is 56.4 Å². The summed E-state index contributed by atoms with van der Waals surface area (Å²) in [4.78, 5) is 44.4. The summed E-state index contributed by atoms with van der Waals surface area (Å²) in [6.45, 7) is 4.75. The Morgan fingerprint density at radius 3 is 2.61 bits per heavy atom. The van der Waals surface area contributed by atoms with Crippen molar-refractivity contribution in [1.29, 1.82) is 5.26 Å². The standard InChI is InChI=1S/C19H16N4O4S/c1-9-14-17(25)21-11(3)22-18(14)28-15(9)19(26)27-10(2)16(24)23-13-6-4-12(8-20)5-7-13/h4-7,10H,1-3H3,(H,23,24)(H,21,22,25). The van der Waals surface area contributed by atoms with Gasteiger partial charge in [0, 0.05) is 5.69 Å². The summed E-state index contributed by atoms with van der Waals surface area (Å²) in [6.07, 6.45) is -1.05. The molecular formula is C19H16N4O4S. The van der Waals surface area contributed by atoms with E-state index in [1.165, 1.54) is 6.92 Å². The minimum Gasteiger partial charge on any atom is -0.448 e. The molecule has 1 atom stereocenters. The maximum atomic E-state index is 12.5. The highest BCUT2D eigenvalue weighted by atomic mass is 32.1. The largest absolute Gasteiger partial charge is 0.448 e. The first-order valence-electron chi connectivity index (χ1n) is 8.32. The second kappa shape index (κ2) is 7.62. The number of carbonyl (C=O) groups excluding carboxylic acids is 2. The molecule has 2 heterocycles. The molecular weight excluding hydrogens is 380 g/mol. The third kappa shape index (κ3) is 3.77. The number of H-pyrrole nitrogens is 1. The van der Waals surface area contributed by atoms with E-state index >= 15 is 0 Å². The summed E-state index contributed by atoms with van der Waals surface area (Å²) in [7, 11) is 0. The predicted molar refractivity (Wildman–Crippen MR) is 104 cm³/mol. The van der Waals surface area contributed by atoms with E-state index in [2.05, 4.69) is 15.3 Å². The number of ether oxygens (including phenoxy) is 1. The first kappa shape index (κ1) is 19.3. The molecule has 28 heavy (non-hydrogen) atoms. The number of nitrogens with one attached hydrogen (secondary N) is 2. The van der Waals surface area contributed by atoms with Crippen LogP contribution < -0.4 is 10.9 Å². The van der Waals surface area contributed by atoms with Crippen molar-refractivity contribution >= 4 is 39.1 Å². The summed E-state index contributed by atoms with van der Waals surface area (Å²) in [6, 6.07) is 8.29. The van der Waals surface area contributed by atoms with Crippen LogP contribution in [0.25, 0.3) is 10.2 Å². The number of nitriles is 1. The summed E-state index contributed by atoms with van der Waals surface area (Å²) < 4.78 is 5.26. The van der Waals surface area contributed by atoms with Gasteiger partial charge in [0.1, 0.15) is 15.5 Å². The summed E-state index contributed by atoms with van der Waals surface area (Å²) in [5, 5.41) is 11.8. The van der Waals surface area contributed by atoms with Crippen molar-refractivity contribution in [3.8, 4) is 6.07 Å². The van der Waals surface area contributed by atoms with Gasteiger partial charge in [0.15, 0.2) is 6.10 Å². The van der Waals surface area contributed by atoms with Crippen LogP contribution in [0.15, 0.2) is 29.1 Å². The zero-order chi connectivity index (χ0) is 20.4. The number of fused-ring (bicyclic) bond motifs is 1. The van der Waals surface area contributed by atoms with Crippen molar-refractivity contribution in [2.75, 3.05) is 5.32 Å². The second-order valence-electron chi connectivity index (χ2n) is 6.11. The van der Waals surface area contributed by atoms with Gasteiger partial charge >= 0.3 is 5.97 Å². The Hall–Kier alpha value is -3.51. The zero-order valence-corrected chi connectivity index (χ0v) is 16.1. The quantitative estimate of drug-likeness (QED) is 0.653. The molecule has 0 fully saturated rings. The average Bonchev–Trinajstić information content (AvgIpc) is 2.98. The van der Waals surface area contributed by atoms with Gasteiger partial charge in [-0.05, 0) is 50.6 Å². The molecule has 142 valence electrons. The molecule has 0 aliphatic carbocycles. The van der Waals surface area contributed by atoms with Gasteiger partial charge in [-0.25, -0.2) is 9.78 Å². The smallest absolute Gasteiger partial charge is 0.349 e. The van der Waals surface area contributed by atoms with E-state index in [1.54, 1.807) is 38.1 Å². The van der Waals surface area contributed by atoms with Crippen molar-refractivity contribution in [2.24, 2.45) is 0 Å². The van der Waals surface area contributed by atoms with Gasteiger partial charge in [-0.15, -0.1) is 11.3 Å². The SMILES string of the molecule is Cc1nc2sc(C(=O)OC(C)C(=O)Nc3ccc(C#N)cc3)c(C)c2c(=O)[nH]1. The van der Waals surface area contributed by atoms with Crippen LogP contribution in [0.4, 0.5) is 5.69 Å². The Labute approximate surface area is 163 Å². The molecule has 3 rings (SSSR count). The molecule has 1 aromatic carbocycles. The van der Waals surface area contributed by atoms with Gasteiger partial charge in [-0.1, -0.05) is 0 Å². The Morgan fingerprint density at radius 1 is 1.29 bits per heavy atom. The predicted octanol–water partition coefficient (Wildman–Crippen LogP) is 2.66. The van der Waals surface area contributed by atoms with Gasteiger partial charge in [0.05, 0.1) is 17.0 Å². The third-order valence-corrected chi connectivity index (χ3v) is 5.20. The lowest BCUT2D eigenvalue weighted by Gasteiger charge is -2.13. The van der Waals surface area contributed by atoms with Gasteiger partial charge in [0.2, 0.25) is 0 Å². The number of thiophene rings is 1. The van der Waals surface area contributed by atoms with Crippen molar-refractivity contribution in [1.82, 2.24) is 9.97 Å². The lowest BCUT2D eigenvalue weighted by molar-refractivity contribution is -0.123. The van der Waals surface area contributed by atoms with E-state index in [4.69, 9.17) is 10.00 Å². The van der Waals surface area contributed by atoms with Crippen molar-refractivity contribution in [2.45, 2.75) is 26.9 Å². The lowest BCUT2D eigenvalue weighted by Crippen LogP contribution is -2.29. The molecule has 2 N–H and O–H groups in total.